The molecule has 0 saturated heterocycles. The summed E-state index contributed by atoms with van der Waals surface area (Å²) in [6.07, 6.45) is -0.725. The van der Waals surface area contributed by atoms with Gasteiger partial charge in [0.1, 0.15) is 0 Å². The van der Waals surface area contributed by atoms with Crippen LogP contribution in [-0.2, 0) is 13.1 Å². The summed E-state index contributed by atoms with van der Waals surface area (Å²) < 4.78 is 58.2. The largest absolute Gasteiger partial charge is 0.389 e. The summed E-state index contributed by atoms with van der Waals surface area (Å²) >= 11 is 0. The highest BCUT2D eigenvalue weighted by Gasteiger charge is 2.30. The standard InChI is InChI=1S/C22H20F4N4O/c23-20-15-12-27-10-8-16(15)28(11-3-9-22(24,25)26)19(20)13-29-17-4-1-2-5-18(17)30(21(29)31)14-6-7-14/h1-2,4-5,8,10,12,14H,3,6-7,9,11,13H2. The minimum atomic E-state index is -4.28. The Morgan fingerprint density at radius 3 is 2.48 bits per heavy atom. The van der Waals surface area contributed by atoms with Crippen LogP contribution in [0.15, 0.2) is 47.5 Å². The lowest BCUT2D eigenvalue weighted by atomic mass is 10.3. The third kappa shape index (κ3) is 3.51. The molecule has 4 aromatic rings. The van der Waals surface area contributed by atoms with Crippen LogP contribution in [0.1, 0.15) is 37.4 Å². The van der Waals surface area contributed by atoms with Crippen LogP contribution in [-0.4, -0.2) is 24.9 Å². The van der Waals surface area contributed by atoms with Crippen molar-refractivity contribution in [3.63, 3.8) is 0 Å². The maximum atomic E-state index is 15.3. The van der Waals surface area contributed by atoms with Crippen LogP contribution in [0.3, 0.4) is 0 Å². The van der Waals surface area contributed by atoms with Crippen molar-refractivity contribution in [2.24, 2.45) is 0 Å². The number of benzene rings is 1. The van der Waals surface area contributed by atoms with Crippen molar-refractivity contribution in [1.29, 1.82) is 0 Å². The first-order valence-electron chi connectivity index (χ1n) is 10.2. The Bertz CT molecular complexity index is 1330. The first-order chi connectivity index (χ1) is 14.8. The van der Waals surface area contributed by atoms with Gasteiger partial charge in [-0.05, 0) is 37.5 Å². The number of halogens is 4. The molecule has 0 N–H and O–H groups in total. The highest BCUT2D eigenvalue weighted by molar-refractivity contribution is 5.81. The minimum absolute atomic E-state index is 0.00467. The number of para-hydroxylation sites is 2. The van der Waals surface area contributed by atoms with Crippen LogP contribution in [0.5, 0.6) is 0 Å². The second kappa shape index (κ2) is 7.25. The van der Waals surface area contributed by atoms with Crippen molar-refractivity contribution in [3.8, 4) is 0 Å². The molecule has 3 heterocycles. The lowest BCUT2D eigenvalue weighted by molar-refractivity contribution is -0.135. The summed E-state index contributed by atoms with van der Waals surface area (Å²) in [5.74, 6) is -0.551. The van der Waals surface area contributed by atoms with Gasteiger partial charge >= 0.3 is 11.9 Å². The van der Waals surface area contributed by atoms with Crippen LogP contribution in [0.2, 0.25) is 0 Å². The maximum Gasteiger partial charge on any atom is 0.389 e. The molecule has 0 unspecified atom stereocenters. The highest BCUT2D eigenvalue weighted by Crippen LogP contribution is 2.36. The fraction of sp³-hybridized carbons (Fsp3) is 0.364. The number of pyridine rings is 1. The number of aryl methyl sites for hydroxylation is 1. The van der Waals surface area contributed by atoms with E-state index in [1.165, 1.54) is 17.0 Å². The predicted octanol–water partition coefficient (Wildman–Crippen LogP) is 5.02. The summed E-state index contributed by atoms with van der Waals surface area (Å²) in [5, 5.41) is 0.239. The normalized spacial score (nSPS) is 14.7. The number of rotatable bonds is 6. The summed E-state index contributed by atoms with van der Waals surface area (Å²) in [7, 11) is 0. The van der Waals surface area contributed by atoms with Crippen molar-refractivity contribution in [2.45, 2.75) is 51.0 Å². The second-order valence-electron chi connectivity index (χ2n) is 7.98. The molecule has 0 radical (unpaired) electrons. The molecule has 0 bridgehead atoms. The van der Waals surface area contributed by atoms with Crippen molar-refractivity contribution < 1.29 is 17.6 Å². The first kappa shape index (κ1) is 19.8. The van der Waals surface area contributed by atoms with Gasteiger partial charge in [0.15, 0.2) is 5.82 Å². The number of aromatic nitrogens is 4. The molecule has 1 saturated carbocycles. The summed E-state index contributed by atoms with van der Waals surface area (Å²) in [5.41, 5.74) is 1.91. The molecule has 1 aliphatic carbocycles. The number of hydrogen-bond donors (Lipinski definition) is 0. The van der Waals surface area contributed by atoms with Gasteiger partial charge in [-0.2, -0.15) is 13.2 Å². The van der Waals surface area contributed by atoms with E-state index in [9.17, 15) is 18.0 Å². The van der Waals surface area contributed by atoms with E-state index in [-0.39, 0.29) is 42.3 Å². The fourth-order valence-electron chi connectivity index (χ4n) is 4.28. The van der Waals surface area contributed by atoms with E-state index in [4.69, 9.17) is 0 Å². The fourth-order valence-corrected chi connectivity index (χ4v) is 4.28. The van der Waals surface area contributed by atoms with Gasteiger partial charge in [0.2, 0.25) is 0 Å². The Morgan fingerprint density at radius 1 is 1.03 bits per heavy atom. The van der Waals surface area contributed by atoms with Crippen LogP contribution >= 0.6 is 0 Å². The Morgan fingerprint density at radius 2 is 1.77 bits per heavy atom. The van der Waals surface area contributed by atoms with Gasteiger partial charge in [-0.15, -0.1) is 0 Å². The highest BCUT2D eigenvalue weighted by atomic mass is 19.4. The first-order valence-corrected chi connectivity index (χ1v) is 10.2. The maximum absolute atomic E-state index is 15.3. The zero-order valence-corrected chi connectivity index (χ0v) is 16.6. The summed E-state index contributed by atoms with van der Waals surface area (Å²) in [6.45, 7) is -0.0686. The van der Waals surface area contributed by atoms with E-state index in [1.54, 1.807) is 15.2 Å². The molecule has 9 heteroatoms. The molecule has 0 spiro atoms. The second-order valence-corrected chi connectivity index (χ2v) is 7.98. The molecule has 0 atom stereocenters. The van der Waals surface area contributed by atoms with Gasteiger partial charge < -0.3 is 4.57 Å². The molecule has 0 aliphatic heterocycles. The lowest BCUT2D eigenvalue weighted by Gasteiger charge is -2.12. The van der Waals surface area contributed by atoms with Gasteiger partial charge in [-0.1, -0.05) is 12.1 Å². The molecule has 1 aromatic carbocycles. The van der Waals surface area contributed by atoms with Gasteiger partial charge in [0.25, 0.3) is 0 Å². The van der Waals surface area contributed by atoms with Crippen molar-refractivity contribution >= 4 is 21.9 Å². The number of hydrogen-bond acceptors (Lipinski definition) is 2. The molecule has 5 rings (SSSR count). The number of alkyl halides is 3. The van der Waals surface area contributed by atoms with E-state index in [2.05, 4.69) is 4.98 Å². The van der Waals surface area contributed by atoms with Crippen molar-refractivity contribution in [1.82, 2.24) is 18.7 Å². The van der Waals surface area contributed by atoms with Crippen LogP contribution < -0.4 is 5.69 Å². The Labute approximate surface area is 174 Å². The van der Waals surface area contributed by atoms with Crippen LogP contribution in [0.4, 0.5) is 17.6 Å². The third-order valence-corrected chi connectivity index (χ3v) is 5.84. The van der Waals surface area contributed by atoms with Gasteiger partial charge in [0.05, 0.1) is 34.2 Å². The third-order valence-electron chi connectivity index (χ3n) is 5.84. The van der Waals surface area contributed by atoms with E-state index in [0.717, 1.165) is 18.4 Å². The monoisotopic (exact) mass is 432 g/mol. The number of fused-ring (bicyclic) bond motifs is 2. The Hall–Kier alpha value is -3.10. The van der Waals surface area contributed by atoms with Crippen LogP contribution in [0.25, 0.3) is 21.9 Å². The topological polar surface area (TPSA) is 44.8 Å². The SMILES string of the molecule is O=c1n(Cc2c(F)c3cnccc3n2CCCC(F)(F)F)c2ccccc2n1C1CC1. The van der Waals surface area contributed by atoms with Gasteiger partial charge in [-0.25, -0.2) is 9.18 Å². The Balaban J connectivity index is 1.61. The quantitative estimate of drug-likeness (QED) is 0.402. The zero-order valence-electron chi connectivity index (χ0n) is 16.6. The molecule has 1 fully saturated rings. The lowest BCUT2D eigenvalue weighted by Crippen LogP contribution is -2.25. The molecule has 0 amide bonds. The minimum Gasteiger partial charge on any atom is -0.340 e. The van der Waals surface area contributed by atoms with Crippen LogP contribution in [0, 0.1) is 5.82 Å². The Kier molecular flexibility index (Phi) is 4.64. The molecule has 5 nitrogen and oxygen atoms in total. The van der Waals surface area contributed by atoms with Gasteiger partial charge in [-0.3, -0.25) is 14.1 Å². The molecular weight excluding hydrogens is 412 g/mol. The molecule has 1 aliphatic rings. The van der Waals surface area contributed by atoms with E-state index in [0.29, 0.717) is 11.0 Å². The number of imidazole rings is 1. The van der Waals surface area contributed by atoms with Gasteiger partial charge in [0, 0.05) is 31.4 Å². The summed E-state index contributed by atoms with van der Waals surface area (Å²) in [6, 6.07) is 9.08. The van der Waals surface area contributed by atoms with E-state index in [1.807, 2.05) is 24.3 Å². The molecule has 3 aromatic heterocycles. The average molecular weight is 432 g/mol. The van der Waals surface area contributed by atoms with E-state index < -0.39 is 18.4 Å². The van der Waals surface area contributed by atoms with Crippen molar-refractivity contribution in [2.75, 3.05) is 0 Å². The number of nitrogens with zero attached hydrogens (tertiary/aromatic N) is 4. The smallest absolute Gasteiger partial charge is 0.340 e. The summed E-state index contributed by atoms with van der Waals surface area (Å²) in [4.78, 5) is 17.1. The molecule has 31 heavy (non-hydrogen) atoms. The van der Waals surface area contributed by atoms with E-state index >= 15 is 4.39 Å². The molecule has 162 valence electrons. The molecular formula is C22H20F4N4O. The zero-order chi connectivity index (χ0) is 21.8. The predicted molar refractivity (Wildman–Crippen MR) is 109 cm³/mol. The average Bonchev–Trinajstić information content (AvgIpc) is 3.48. The van der Waals surface area contributed by atoms with Crippen molar-refractivity contribution in [3.05, 3.63) is 64.7 Å².